The van der Waals surface area contributed by atoms with E-state index in [1.165, 1.54) is 0 Å². The molecule has 0 aliphatic carbocycles. The van der Waals surface area contributed by atoms with Crippen LogP contribution >= 0.6 is 0 Å². The van der Waals surface area contributed by atoms with Gasteiger partial charge < -0.3 is 10.1 Å². The molecule has 1 rings (SSSR count). The van der Waals surface area contributed by atoms with Crippen LogP contribution in [-0.2, 0) is 6.54 Å². The summed E-state index contributed by atoms with van der Waals surface area (Å²) in [6.07, 6.45) is -2.42. The predicted octanol–water partition coefficient (Wildman–Crippen LogP) is 3.30. The smallest absolute Gasteiger partial charge is 0.389 e. The molecule has 0 radical (unpaired) electrons. The van der Waals surface area contributed by atoms with Crippen molar-refractivity contribution in [3.63, 3.8) is 0 Å². The van der Waals surface area contributed by atoms with Crippen molar-refractivity contribution in [2.24, 2.45) is 0 Å². The summed E-state index contributed by atoms with van der Waals surface area (Å²) >= 11 is 0. The topological polar surface area (TPSA) is 34.2 Å². The van der Waals surface area contributed by atoms with Gasteiger partial charge in [0.15, 0.2) is 0 Å². The van der Waals surface area contributed by atoms with E-state index in [1.807, 2.05) is 6.07 Å². The van der Waals surface area contributed by atoms with Crippen LogP contribution in [0.4, 0.5) is 13.2 Å². The molecule has 0 saturated heterocycles. The molecule has 1 heterocycles. The van der Waals surface area contributed by atoms with Gasteiger partial charge in [-0.3, -0.25) is 0 Å². The lowest BCUT2D eigenvalue weighted by molar-refractivity contribution is -0.136. The van der Waals surface area contributed by atoms with Gasteiger partial charge in [0.1, 0.15) is 0 Å². The lowest BCUT2D eigenvalue weighted by atomic mass is 10.2. The van der Waals surface area contributed by atoms with Gasteiger partial charge >= 0.3 is 6.18 Å². The van der Waals surface area contributed by atoms with Gasteiger partial charge in [0.2, 0.25) is 5.88 Å². The molecule has 0 fully saturated rings. The Morgan fingerprint density at radius 3 is 2.84 bits per heavy atom. The molecule has 1 N–H and O–H groups in total. The first kappa shape index (κ1) is 15.8. The van der Waals surface area contributed by atoms with Gasteiger partial charge in [-0.05, 0) is 25.5 Å². The predicted molar refractivity (Wildman–Crippen MR) is 67.0 cm³/mol. The largest absolute Gasteiger partial charge is 0.477 e. The van der Waals surface area contributed by atoms with Crippen LogP contribution in [0.15, 0.2) is 18.3 Å². The molecular formula is C13H19F3N2O. The Balaban J connectivity index is 2.39. The van der Waals surface area contributed by atoms with Gasteiger partial charge in [0.25, 0.3) is 0 Å². The molecule has 0 amide bonds. The summed E-state index contributed by atoms with van der Waals surface area (Å²) in [4.78, 5) is 4.05. The number of aromatic nitrogens is 1. The van der Waals surface area contributed by atoms with Crippen molar-refractivity contribution in [3.05, 3.63) is 23.9 Å². The highest BCUT2D eigenvalue weighted by molar-refractivity contribution is 5.25. The molecule has 0 spiro atoms. The summed E-state index contributed by atoms with van der Waals surface area (Å²) in [6, 6.07) is 3.64. The number of nitrogens with zero attached hydrogens (tertiary/aromatic N) is 1. The van der Waals surface area contributed by atoms with Crippen LogP contribution in [0.3, 0.4) is 0 Å². The fourth-order valence-electron chi connectivity index (χ4n) is 1.53. The van der Waals surface area contributed by atoms with Gasteiger partial charge in [-0.2, -0.15) is 13.2 Å². The van der Waals surface area contributed by atoms with Crippen LogP contribution in [0.1, 0.15) is 31.7 Å². The average Bonchev–Trinajstić information content (AvgIpc) is 2.35. The van der Waals surface area contributed by atoms with Crippen LogP contribution in [-0.4, -0.2) is 24.3 Å². The first-order chi connectivity index (χ1) is 9.03. The number of alkyl halides is 3. The van der Waals surface area contributed by atoms with Crippen molar-refractivity contribution in [3.8, 4) is 5.88 Å². The number of nitrogens with one attached hydrogen (secondary N) is 1. The molecule has 0 bridgehead atoms. The highest BCUT2D eigenvalue weighted by Gasteiger charge is 2.26. The number of pyridine rings is 1. The Morgan fingerprint density at radius 2 is 2.16 bits per heavy atom. The first-order valence-electron chi connectivity index (χ1n) is 6.37. The minimum Gasteiger partial charge on any atom is -0.477 e. The van der Waals surface area contributed by atoms with E-state index in [2.05, 4.69) is 17.2 Å². The maximum absolute atomic E-state index is 12.0. The van der Waals surface area contributed by atoms with E-state index in [0.29, 0.717) is 12.4 Å². The first-order valence-corrected chi connectivity index (χ1v) is 6.37. The van der Waals surface area contributed by atoms with Crippen molar-refractivity contribution < 1.29 is 17.9 Å². The lowest BCUT2D eigenvalue weighted by Gasteiger charge is -2.11. The summed E-state index contributed by atoms with van der Waals surface area (Å²) in [6.45, 7) is 3.57. The average molecular weight is 276 g/mol. The molecular weight excluding hydrogens is 257 g/mol. The number of ether oxygens (including phenoxy) is 1. The minimum atomic E-state index is -4.13. The molecule has 0 aromatic carbocycles. The van der Waals surface area contributed by atoms with Crippen molar-refractivity contribution in [2.75, 3.05) is 13.2 Å². The summed E-state index contributed by atoms with van der Waals surface area (Å²) in [5.74, 6) is 0.410. The lowest BCUT2D eigenvalue weighted by Crippen LogP contribution is -2.15. The fourth-order valence-corrected chi connectivity index (χ4v) is 1.53. The van der Waals surface area contributed by atoms with E-state index in [9.17, 15) is 13.2 Å². The SMILES string of the molecule is CCCNCc1cccnc1OCCCC(F)(F)F. The number of rotatable bonds is 8. The Morgan fingerprint density at radius 1 is 1.37 bits per heavy atom. The molecule has 0 aliphatic rings. The molecule has 0 saturated carbocycles. The third kappa shape index (κ3) is 7.00. The Labute approximate surface area is 111 Å². The molecule has 0 atom stereocenters. The normalized spacial score (nSPS) is 11.6. The molecule has 19 heavy (non-hydrogen) atoms. The van der Waals surface area contributed by atoms with E-state index in [1.54, 1.807) is 12.3 Å². The minimum absolute atomic E-state index is 0.0251. The van der Waals surface area contributed by atoms with Crippen LogP contribution in [0.25, 0.3) is 0 Å². The maximum atomic E-state index is 12.0. The van der Waals surface area contributed by atoms with E-state index >= 15 is 0 Å². The molecule has 3 nitrogen and oxygen atoms in total. The second kappa shape index (κ2) is 7.99. The van der Waals surface area contributed by atoms with Gasteiger partial charge in [-0.15, -0.1) is 0 Å². The summed E-state index contributed by atoms with van der Waals surface area (Å²) < 4.78 is 41.3. The number of hydrogen-bond donors (Lipinski definition) is 1. The zero-order valence-corrected chi connectivity index (χ0v) is 11.0. The zero-order chi connectivity index (χ0) is 14.1. The van der Waals surface area contributed by atoms with Crippen molar-refractivity contribution >= 4 is 0 Å². The molecule has 1 aromatic rings. The van der Waals surface area contributed by atoms with Crippen LogP contribution in [0.5, 0.6) is 5.88 Å². The number of hydrogen-bond acceptors (Lipinski definition) is 3. The maximum Gasteiger partial charge on any atom is 0.389 e. The Kier molecular flexibility index (Phi) is 6.62. The highest BCUT2D eigenvalue weighted by Crippen LogP contribution is 2.21. The van der Waals surface area contributed by atoms with E-state index in [4.69, 9.17) is 4.74 Å². The van der Waals surface area contributed by atoms with Crippen molar-refractivity contribution in [2.45, 2.75) is 38.9 Å². The second-order valence-electron chi connectivity index (χ2n) is 4.21. The second-order valence-corrected chi connectivity index (χ2v) is 4.21. The van der Waals surface area contributed by atoms with E-state index in [-0.39, 0.29) is 13.0 Å². The van der Waals surface area contributed by atoms with Gasteiger partial charge in [0, 0.05) is 24.7 Å². The van der Waals surface area contributed by atoms with Gasteiger partial charge in [0.05, 0.1) is 6.61 Å². The summed E-state index contributed by atoms with van der Waals surface area (Å²) in [5, 5.41) is 3.21. The monoisotopic (exact) mass is 276 g/mol. The van der Waals surface area contributed by atoms with Crippen molar-refractivity contribution in [1.29, 1.82) is 0 Å². The number of halogens is 3. The molecule has 108 valence electrons. The molecule has 1 aromatic heterocycles. The standard InChI is InChI=1S/C13H19F3N2O/c1-2-7-17-10-11-5-3-8-18-12(11)19-9-4-6-13(14,15)16/h3,5,8,17H,2,4,6-7,9-10H2,1H3. The molecule has 0 unspecified atom stereocenters. The molecule has 6 heteroatoms. The summed E-state index contributed by atoms with van der Waals surface area (Å²) in [5.41, 5.74) is 0.864. The Hall–Kier alpha value is -1.30. The van der Waals surface area contributed by atoms with Gasteiger partial charge in [-0.25, -0.2) is 4.98 Å². The third-order valence-electron chi connectivity index (χ3n) is 2.44. The van der Waals surface area contributed by atoms with Crippen LogP contribution in [0.2, 0.25) is 0 Å². The van der Waals surface area contributed by atoms with Crippen LogP contribution in [0, 0.1) is 0 Å². The van der Waals surface area contributed by atoms with Crippen LogP contribution < -0.4 is 10.1 Å². The third-order valence-corrected chi connectivity index (χ3v) is 2.44. The molecule has 0 aliphatic heterocycles. The van der Waals surface area contributed by atoms with E-state index in [0.717, 1.165) is 18.5 Å². The van der Waals surface area contributed by atoms with E-state index < -0.39 is 12.6 Å². The quantitative estimate of drug-likeness (QED) is 0.740. The van der Waals surface area contributed by atoms with Gasteiger partial charge in [-0.1, -0.05) is 13.0 Å². The van der Waals surface area contributed by atoms with Crippen molar-refractivity contribution in [1.82, 2.24) is 10.3 Å². The Bertz CT molecular complexity index is 369. The summed E-state index contributed by atoms with van der Waals surface area (Å²) in [7, 11) is 0. The highest BCUT2D eigenvalue weighted by atomic mass is 19.4. The fraction of sp³-hybridized carbons (Fsp3) is 0.615. The zero-order valence-electron chi connectivity index (χ0n) is 11.0.